The van der Waals surface area contributed by atoms with Crippen molar-refractivity contribution >= 4 is 5.78 Å². The lowest BCUT2D eigenvalue weighted by Gasteiger charge is -2.09. The molecule has 0 aliphatic heterocycles. The smallest absolute Gasteiger partial charge is 0.267 e. The Balaban J connectivity index is 2.37. The van der Waals surface area contributed by atoms with Crippen LogP contribution in [0.5, 0.6) is 0 Å². The van der Waals surface area contributed by atoms with Gasteiger partial charge in [-0.05, 0) is 19.3 Å². The molecular weight excluding hydrogens is 285 g/mol. The van der Waals surface area contributed by atoms with Crippen LogP contribution in [0.2, 0.25) is 0 Å². The van der Waals surface area contributed by atoms with Crippen LogP contribution in [0.15, 0.2) is 10.9 Å². The average Bonchev–Trinajstić information content (AvgIpc) is 2.64. The summed E-state index contributed by atoms with van der Waals surface area (Å²) in [5, 5.41) is 0. The molecule has 0 aliphatic carbocycles. The van der Waals surface area contributed by atoms with Gasteiger partial charge in [-0.25, -0.2) is 4.98 Å². The Kier molecular flexibility index (Phi) is 4.06. The summed E-state index contributed by atoms with van der Waals surface area (Å²) in [5.74, 6) is 0.789. The maximum atomic E-state index is 12.2. The summed E-state index contributed by atoms with van der Waals surface area (Å²) in [5.41, 5.74) is 0.302. The maximum absolute atomic E-state index is 12.2. The third-order valence-electron chi connectivity index (χ3n) is 3.20. The van der Waals surface area contributed by atoms with Gasteiger partial charge in [0, 0.05) is 19.0 Å². The number of hydrogen-bond donors (Lipinski definition) is 0. The number of aromatic nitrogens is 4. The van der Waals surface area contributed by atoms with Crippen LogP contribution >= 0.6 is 0 Å². The van der Waals surface area contributed by atoms with Gasteiger partial charge in [0.2, 0.25) is 0 Å². The van der Waals surface area contributed by atoms with Crippen LogP contribution in [0.1, 0.15) is 44.1 Å². The monoisotopic (exact) mass is 302 g/mol. The van der Waals surface area contributed by atoms with E-state index in [-0.39, 0.29) is 30.2 Å². The minimum absolute atomic E-state index is 0.0739. The third-order valence-corrected chi connectivity index (χ3v) is 3.20. The Labute approximate surface area is 119 Å². The fourth-order valence-electron chi connectivity index (χ4n) is 2.11. The van der Waals surface area contributed by atoms with E-state index in [1.807, 2.05) is 13.8 Å². The normalized spacial score (nSPS) is 12.5. The Bertz CT molecular complexity index is 700. The zero-order valence-corrected chi connectivity index (χ0v) is 12.1. The highest BCUT2D eigenvalue weighted by Crippen LogP contribution is 2.21. The third kappa shape index (κ3) is 3.43. The SMILES string of the molecule is Cc1nc2nc(C(C)C)cc(=O)n2n1CCCC(F)(F)F. The Morgan fingerprint density at radius 3 is 2.52 bits per heavy atom. The van der Waals surface area contributed by atoms with Crippen LogP contribution in [0.3, 0.4) is 0 Å². The van der Waals surface area contributed by atoms with Crippen LogP contribution in [0, 0.1) is 6.92 Å². The summed E-state index contributed by atoms with van der Waals surface area (Å²) >= 11 is 0. The summed E-state index contributed by atoms with van der Waals surface area (Å²) in [4.78, 5) is 20.6. The molecule has 0 aromatic carbocycles. The summed E-state index contributed by atoms with van der Waals surface area (Å²) in [6, 6.07) is 1.40. The molecule has 0 unspecified atom stereocenters. The molecule has 0 amide bonds. The van der Waals surface area contributed by atoms with Crippen LogP contribution in [-0.2, 0) is 6.54 Å². The fourth-order valence-corrected chi connectivity index (χ4v) is 2.11. The zero-order chi connectivity index (χ0) is 15.8. The van der Waals surface area contributed by atoms with Gasteiger partial charge in [-0.2, -0.15) is 22.7 Å². The molecule has 8 heteroatoms. The minimum Gasteiger partial charge on any atom is -0.267 e. The Morgan fingerprint density at radius 2 is 1.95 bits per heavy atom. The second kappa shape index (κ2) is 5.50. The van der Waals surface area contributed by atoms with Crippen molar-refractivity contribution in [2.24, 2.45) is 0 Å². The van der Waals surface area contributed by atoms with Crippen molar-refractivity contribution in [3.05, 3.63) is 27.9 Å². The molecule has 21 heavy (non-hydrogen) atoms. The van der Waals surface area contributed by atoms with Crippen molar-refractivity contribution < 1.29 is 13.2 Å². The van der Waals surface area contributed by atoms with E-state index in [4.69, 9.17) is 0 Å². The van der Waals surface area contributed by atoms with Gasteiger partial charge in [-0.15, -0.1) is 0 Å². The molecule has 0 saturated carbocycles. The van der Waals surface area contributed by atoms with E-state index < -0.39 is 12.6 Å². The summed E-state index contributed by atoms with van der Waals surface area (Å²) in [6.07, 6.45) is -5.19. The number of nitrogens with zero attached hydrogens (tertiary/aromatic N) is 4. The molecule has 5 nitrogen and oxygen atoms in total. The maximum Gasteiger partial charge on any atom is 0.389 e. The number of halogens is 3. The van der Waals surface area contributed by atoms with Gasteiger partial charge in [0.05, 0.1) is 5.69 Å². The predicted molar refractivity (Wildman–Crippen MR) is 71.4 cm³/mol. The molecule has 2 aromatic rings. The molecule has 0 radical (unpaired) electrons. The highest BCUT2D eigenvalue weighted by atomic mass is 19.4. The fraction of sp³-hybridized carbons (Fsp3) is 0.615. The summed E-state index contributed by atoms with van der Waals surface area (Å²) < 4.78 is 39.3. The molecule has 0 aliphatic rings. The van der Waals surface area contributed by atoms with Gasteiger partial charge in [0.25, 0.3) is 11.3 Å². The second-order valence-corrected chi connectivity index (χ2v) is 5.29. The van der Waals surface area contributed by atoms with Crippen molar-refractivity contribution in [1.82, 2.24) is 19.2 Å². The average molecular weight is 302 g/mol. The molecule has 116 valence electrons. The highest BCUT2D eigenvalue weighted by molar-refractivity contribution is 5.29. The number of alkyl halides is 3. The lowest BCUT2D eigenvalue weighted by atomic mass is 10.1. The van der Waals surface area contributed by atoms with E-state index >= 15 is 0 Å². The first kappa shape index (κ1) is 15.5. The molecule has 0 bridgehead atoms. The molecule has 0 spiro atoms. The van der Waals surface area contributed by atoms with Gasteiger partial charge in [0.1, 0.15) is 5.82 Å². The first-order valence-corrected chi connectivity index (χ1v) is 6.73. The molecule has 2 rings (SSSR count). The molecule has 0 atom stereocenters. The van der Waals surface area contributed by atoms with Crippen molar-refractivity contribution in [2.45, 2.75) is 52.3 Å². The first-order valence-electron chi connectivity index (χ1n) is 6.73. The van der Waals surface area contributed by atoms with E-state index in [9.17, 15) is 18.0 Å². The van der Waals surface area contributed by atoms with Gasteiger partial charge < -0.3 is 0 Å². The molecule has 0 fully saturated rings. The number of rotatable bonds is 4. The van der Waals surface area contributed by atoms with Crippen LogP contribution in [0.4, 0.5) is 13.2 Å². The van der Waals surface area contributed by atoms with Crippen LogP contribution < -0.4 is 5.56 Å². The van der Waals surface area contributed by atoms with E-state index in [2.05, 4.69) is 9.97 Å². The number of aryl methyl sites for hydroxylation is 2. The lowest BCUT2D eigenvalue weighted by Crippen LogP contribution is -2.23. The molecule has 2 aromatic heterocycles. The van der Waals surface area contributed by atoms with Crippen LogP contribution in [-0.4, -0.2) is 25.3 Å². The standard InChI is InChI=1S/C13H17F3N4O/c1-8(2)10-7-11(21)20-12(18-10)17-9(3)19(20)6-4-5-13(14,15)16/h7-8H,4-6H2,1-3H3. The largest absolute Gasteiger partial charge is 0.389 e. The van der Waals surface area contributed by atoms with Gasteiger partial charge in [-0.3, -0.25) is 9.48 Å². The topological polar surface area (TPSA) is 52.2 Å². The van der Waals surface area contributed by atoms with E-state index in [0.29, 0.717) is 11.5 Å². The minimum atomic E-state index is -4.20. The van der Waals surface area contributed by atoms with E-state index in [1.165, 1.54) is 15.3 Å². The van der Waals surface area contributed by atoms with Crippen molar-refractivity contribution in [3.63, 3.8) is 0 Å². The quantitative estimate of drug-likeness (QED) is 0.872. The van der Waals surface area contributed by atoms with Crippen molar-refractivity contribution in [1.29, 1.82) is 0 Å². The van der Waals surface area contributed by atoms with E-state index in [1.54, 1.807) is 6.92 Å². The zero-order valence-electron chi connectivity index (χ0n) is 12.1. The second-order valence-electron chi connectivity index (χ2n) is 5.29. The molecule has 0 saturated heterocycles. The summed E-state index contributed by atoms with van der Waals surface area (Å²) in [7, 11) is 0. The number of fused-ring (bicyclic) bond motifs is 1. The van der Waals surface area contributed by atoms with Gasteiger partial charge in [-0.1, -0.05) is 13.8 Å². The first-order chi connectivity index (χ1) is 9.69. The molecule has 2 heterocycles. The highest BCUT2D eigenvalue weighted by Gasteiger charge is 2.26. The van der Waals surface area contributed by atoms with E-state index in [0.717, 1.165) is 0 Å². The Morgan fingerprint density at radius 1 is 1.29 bits per heavy atom. The van der Waals surface area contributed by atoms with Crippen molar-refractivity contribution in [3.8, 4) is 0 Å². The number of hydrogen-bond acceptors (Lipinski definition) is 3. The summed E-state index contributed by atoms with van der Waals surface area (Å²) in [6.45, 7) is 5.54. The van der Waals surface area contributed by atoms with Crippen molar-refractivity contribution in [2.75, 3.05) is 0 Å². The van der Waals surface area contributed by atoms with Gasteiger partial charge in [0.15, 0.2) is 0 Å². The molecule has 0 N–H and O–H groups in total. The van der Waals surface area contributed by atoms with Gasteiger partial charge >= 0.3 is 6.18 Å². The van der Waals surface area contributed by atoms with Crippen LogP contribution in [0.25, 0.3) is 5.78 Å². The Hall–Kier alpha value is -1.86. The molecular formula is C13H17F3N4O. The lowest BCUT2D eigenvalue weighted by molar-refractivity contribution is -0.136. The predicted octanol–water partition coefficient (Wildman–Crippen LogP) is 2.67.